The third-order valence-electron chi connectivity index (χ3n) is 5.87. The quantitative estimate of drug-likeness (QED) is 0.325. The molecule has 176 valence electrons. The molecule has 1 amide bonds. The fraction of sp³-hybridized carbons (Fsp3) is 0.0385. The smallest absolute Gasteiger partial charge is 0.283 e. The molecule has 0 bridgehead atoms. The van der Waals surface area contributed by atoms with Crippen LogP contribution in [0.4, 0.5) is 0 Å². The van der Waals surface area contributed by atoms with E-state index in [-0.39, 0.29) is 11.4 Å². The zero-order chi connectivity index (χ0) is 24.8. The Kier molecular flexibility index (Phi) is 5.72. The number of aromatic nitrogens is 2. The number of thioether (sulfide) groups is 1. The summed E-state index contributed by atoms with van der Waals surface area (Å²) in [5.74, 6) is -0.505. The van der Waals surface area contributed by atoms with Crippen molar-refractivity contribution in [3.8, 4) is 0 Å². The zero-order valence-corrected chi connectivity index (χ0v) is 20.8. The molecule has 1 N–H and O–H groups in total. The van der Waals surface area contributed by atoms with Crippen LogP contribution in [0.2, 0.25) is 10.0 Å². The third-order valence-corrected chi connectivity index (χ3v) is 7.54. The van der Waals surface area contributed by atoms with Gasteiger partial charge >= 0.3 is 0 Å². The number of aliphatic imine (C=N–C) groups is 1. The average molecular weight is 531 g/mol. The largest absolute Gasteiger partial charge is 0.342 e. The van der Waals surface area contributed by atoms with E-state index in [2.05, 4.69) is 15.1 Å². The second kappa shape index (κ2) is 9.05. The predicted octanol–water partition coefficient (Wildman–Crippen LogP) is 6.06. The van der Waals surface area contributed by atoms with Crippen molar-refractivity contribution in [2.75, 3.05) is 0 Å². The molecule has 0 saturated carbocycles. The molecule has 0 unspecified atom stereocenters. The molecule has 2 aromatic carbocycles. The number of amidine groups is 2. The summed E-state index contributed by atoms with van der Waals surface area (Å²) in [5.41, 5.74) is 3.50. The van der Waals surface area contributed by atoms with Gasteiger partial charge in [0.15, 0.2) is 5.84 Å². The lowest BCUT2D eigenvalue weighted by atomic mass is 10.1. The molecule has 2 aliphatic rings. The number of rotatable bonds is 4. The van der Waals surface area contributed by atoms with Gasteiger partial charge in [-0.2, -0.15) is 15.1 Å². The number of amides is 1. The fourth-order valence-electron chi connectivity index (χ4n) is 4.13. The number of carbonyl (C=O) groups excluding carboxylic acids is 1. The van der Waals surface area contributed by atoms with E-state index in [1.165, 1.54) is 16.8 Å². The van der Waals surface area contributed by atoms with Gasteiger partial charge in [0.2, 0.25) is 5.17 Å². The number of carbonyl (C=O) groups is 1. The average Bonchev–Trinajstić information content (AvgIpc) is 3.46. The van der Waals surface area contributed by atoms with Crippen molar-refractivity contribution in [2.45, 2.75) is 6.54 Å². The van der Waals surface area contributed by atoms with E-state index in [4.69, 9.17) is 28.6 Å². The molecular formula is C26H16Cl2N6OS. The van der Waals surface area contributed by atoms with Crippen molar-refractivity contribution in [3.63, 3.8) is 0 Å². The summed E-state index contributed by atoms with van der Waals surface area (Å²) in [7, 11) is 0. The molecule has 0 radical (unpaired) electrons. The maximum absolute atomic E-state index is 13.0. The van der Waals surface area contributed by atoms with Crippen molar-refractivity contribution in [1.29, 1.82) is 5.41 Å². The first kappa shape index (κ1) is 22.7. The van der Waals surface area contributed by atoms with E-state index >= 15 is 0 Å². The Balaban J connectivity index is 1.39. The zero-order valence-electron chi connectivity index (χ0n) is 18.5. The monoisotopic (exact) mass is 530 g/mol. The number of para-hydroxylation sites is 1. The van der Waals surface area contributed by atoms with E-state index in [1.807, 2.05) is 65.4 Å². The van der Waals surface area contributed by atoms with Crippen LogP contribution in [0.15, 0.2) is 88.9 Å². The minimum Gasteiger partial charge on any atom is -0.342 e. The van der Waals surface area contributed by atoms with Gasteiger partial charge in [-0.15, -0.1) is 0 Å². The van der Waals surface area contributed by atoms with Crippen LogP contribution >= 0.6 is 35.0 Å². The maximum Gasteiger partial charge on any atom is 0.283 e. The third kappa shape index (κ3) is 3.93. The number of hydrogen-bond donors (Lipinski definition) is 1. The summed E-state index contributed by atoms with van der Waals surface area (Å²) in [4.78, 5) is 21.3. The summed E-state index contributed by atoms with van der Waals surface area (Å²) in [6, 6.07) is 17.0. The highest BCUT2D eigenvalue weighted by atomic mass is 35.5. The van der Waals surface area contributed by atoms with E-state index in [0.29, 0.717) is 26.8 Å². The Labute approximate surface area is 220 Å². The van der Waals surface area contributed by atoms with Crippen LogP contribution in [-0.2, 0) is 11.3 Å². The number of hydrazone groups is 1. The van der Waals surface area contributed by atoms with Crippen molar-refractivity contribution < 1.29 is 4.79 Å². The number of nitrogens with one attached hydrogen (secondary N) is 1. The van der Waals surface area contributed by atoms with Crippen LogP contribution in [0, 0.1) is 5.41 Å². The molecule has 10 heteroatoms. The Bertz CT molecular complexity index is 1640. The number of halogens is 2. The van der Waals surface area contributed by atoms with Crippen molar-refractivity contribution in [2.24, 2.45) is 10.1 Å². The minimum atomic E-state index is -0.479. The SMILES string of the molecule is N=C1/C(=C/c2cn(Cc3c(Cl)cccc3Cl)c3ccccc23)C(=O)N=C2SC(c3cccnc3)=NN12. The summed E-state index contributed by atoms with van der Waals surface area (Å²) in [6.07, 6.45) is 6.99. The van der Waals surface area contributed by atoms with E-state index in [0.717, 1.165) is 27.6 Å². The normalized spacial score (nSPS) is 16.5. The molecule has 7 nitrogen and oxygen atoms in total. The Morgan fingerprint density at radius 2 is 1.83 bits per heavy atom. The topological polar surface area (TPSA) is 86.7 Å². The predicted molar refractivity (Wildman–Crippen MR) is 146 cm³/mol. The molecule has 6 rings (SSSR count). The molecule has 0 saturated heterocycles. The lowest BCUT2D eigenvalue weighted by Crippen LogP contribution is -2.35. The van der Waals surface area contributed by atoms with Crippen LogP contribution in [0.3, 0.4) is 0 Å². The van der Waals surface area contributed by atoms with Gasteiger partial charge < -0.3 is 4.57 Å². The highest BCUT2D eigenvalue weighted by Crippen LogP contribution is 2.33. The Morgan fingerprint density at radius 1 is 1.03 bits per heavy atom. The van der Waals surface area contributed by atoms with Crippen molar-refractivity contribution >= 4 is 73.9 Å². The van der Waals surface area contributed by atoms with Crippen LogP contribution < -0.4 is 0 Å². The van der Waals surface area contributed by atoms with Crippen LogP contribution in [0.5, 0.6) is 0 Å². The van der Waals surface area contributed by atoms with Gasteiger partial charge in [0.25, 0.3) is 5.91 Å². The minimum absolute atomic E-state index is 0.0256. The number of fused-ring (bicyclic) bond motifs is 2. The summed E-state index contributed by atoms with van der Waals surface area (Å²) in [6.45, 7) is 0.456. The molecule has 2 aliphatic heterocycles. The molecule has 4 heterocycles. The van der Waals surface area contributed by atoms with Gasteiger partial charge in [-0.3, -0.25) is 15.2 Å². The van der Waals surface area contributed by atoms with Gasteiger partial charge in [-0.1, -0.05) is 47.5 Å². The molecule has 36 heavy (non-hydrogen) atoms. The first-order chi connectivity index (χ1) is 17.5. The number of benzene rings is 2. The molecule has 0 aliphatic carbocycles. The number of nitrogens with zero attached hydrogens (tertiary/aromatic N) is 5. The second-order valence-electron chi connectivity index (χ2n) is 8.10. The van der Waals surface area contributed by atoms with Crippen molar-refractivity contribution in [3.05, 3.63) is 105 Å². The Morgan fingerprint density at radius 3 is 2.61 bits per heavy atom. The molecular weight excluding hydrogens is 515 g/mol. The molecule has 0 spiro atoms. The fourth-order valence-corrected chi connectivity index (χ4v) is 5.53. The lowest BCUT2D eigenvalue weighted by molar-refractivity contribution is -0.114. The lowest BCUT2D eigenvalue weighted by Gasteiger charge is -2.20. The second-order valence-corrected chi connectivity index (χ2v) is 9.87. The van der Waals surface area contributed by atoms with Gasteiger partial charge in [0.05, 0.1) is 12.1 Å². The van der Waals surface area contributed by atoms with Crippen LogP contribution in [0.25, 0.3) is 17.0 Å². The first-order valence-corrected chi connectivity index (χ1v) is 12.5. The van der Waals surface area contributed by atoms with Gasteiger partial charge in [0, 0.05) is 56.2 Å². The number of hydrogen-bond acceptors (Lipinski definition) is 5. The summed E-state index contributed by atoms with van der Waals surface area (Å²) in [5, 5.41) is 17.7. The van der Waals surface area contributed by atoms with Gasteiger partial charge in [-0.05, 0) is 48.2 Å². The van der Waals surface area contributed by atoms with Crippen molar-refractivity contribution in [1.82, 2.24) is 14.6 Å². The van der Waals surface area contributed by atoms with Crippen LogP contribution in [0.1, 0.15) is 16.7 Å². The Hall–Kier alpha value is -3.72. The van der Waals surface area contributed by atoms with Gasteiger partial charge in [0.1, 0.15) is 5.04 Å². The van der Waals surface area contributed by atoms with E-state index in [9.17, 15) is 4.79 Å². The van der Waals surface area contributed by atoms with E-state index in [1.54, 1.807) is 18.5 Å². The summed E-state index contributed by atoms with van der Waals surface area (Å²) < 4.78 is 2.03. The summed E-state index contributed by atoms with van der Waals surface area (Å²) >= 11 is 14.1. The first-order valence-electron chi connectivity index (χ1n) is 10.9. The molecule has 0 atom stereocenters. The maximum atomic E-state index is 13.0. The molecule has 2 aromatic heterocycles. The molecule has 4 aromatic rings. The molecule has 0 fully saturated rings. The number of pyridine rings is 1. The van der Waals surface area contributed by atoms with E-state index < -0.39 is 5.91 Å². The standard InChI is InChI=1S/C26H16Cl2N6OS/c27-20-7-3-8-21(28)19(20)14-33-13-16(17-6-1-2-9-22(17)33)11-18-23(29)34-26(31-24(18)35)36-25(32-34)15-5-4-10-30-12-15/h1-13,29H,14H2/b18-11-,29-23?. The van der Waals surface area contributed by atoms with Crippen LogP contribution in [-0.4, -0.2) is 36.5 Å². The highest BCUT2D eigenvalue weighted by molar-refractivity contribution is 8.27. The van der Waals surface area contributed by atoms with Gasteiger partial charge in [-0.25, -0.2) is 0 Å². The highest BCUT2D eigenvalue weighted by Gasteiger charge is 2.36.